The molecule has 5 aromatic rings. The van der Waals surface area contributed by atoms with E-state index in [1.54, 1.807) is 30.7 Å². The van der Waals surface area contributed by atoms with Gasteiger partial charge in [0.15, 0.2) is 0 Å². The van der Waals surface area contributed by atoms with Gasteiger partial charge in [0.25, 0.3) is 0 Å². The van der Waals surface area contributed by atoms with E-state index in [2.05, 4.69) is 34.3 Å². The minimum absolute atomic E-state index is 0.0501. The first kappa shape index (κ1) is 20.4. The lowest BCUT2D eigenvalue weighted by Gasteiger charge is -2.14. The smallest absolute Gasteiger partial charge is 0.335 e. The van der Waals surface area contributed by atoms with E-state index in [1.807, 2.05) is 53.1 Å². The fraction of sp³-hybridized carbons (Fsp3) is 0.0769. The molecule has 0 aliphatic rings. The third-order valence-corrected chi connectivity index (χ3v) is 5.52. The number of benzene rings is 3. The van der Waals surface area contributed by atoms with Gasteiger partial charge in [-0.2, -0.15) is 4.98 Å². The number of nitrogens with one attached hydrogen (secondary N) is 1. The average molecular weight is 435 g/mol. The van der Waals surface area contributed by atoms with Crippen LogP contribution in [0.2, 0.25) is 0 Å². The Hall–Kier alpha value is -4.52. The first-order valence-electron chi connectivity index (χ1n) is 10.5. The summed E-state index contributed by atoms with van der Waals surface area (Å²) in [6, 6.07) is 24.8. The minimum Gasteiger partial charge on any atom is -0.478 e. The van der Waals surface area contributed by atoms with Crippen molar-refractivity contribution in [3.8, 4) is 16.9 Å². The van der Waals surface area contributed by atoms with Crippen molar-refractivity contribution >= 4 is 23.0 Å². The summed E-state index contributed by atoms with van der Waals surface area (Å²) in [5.41, 5.74) is 4.81. The Labute approximate surface area is 190 Å². The van der Waals surface area contributed by atoms with Crippen molar-refractivity contribution in [3.63, 3.8) is 0 Å². The van der Waals surface area contributed by atoms with Crippen LogP contribution < -0.4 is 5.32 Å². The van der Waals surface area contributed by atoms with Crippen molar-refractivity contribution in [1.29, 1.82) is 0 Å². The van der Waals surface area contributed by atoms with Gasteiger partial charge in [-0.1, -0.05) is 48.5 Å². The van der Waals surface area contributed by atoms with Crippen LogP contribution in [-0.4, -0.2) is 30.6 Å². The zero-order valence-corrected chi connectivity index (χ0v) is 17.9. The van der Waals surface area contributed by atoms with Crippen molar-refractivity contribution in [2.24, 2.45) is 0 Å². The molecule has 2 N–H and O–H groups in total. The summed E-state index contributed by atoms with van der Waals surface area (Å²) >= 11 is 0. The summed E-state index contributed by atoms with van der Waals surface area (Å²) in [7, 11) is 0. The summed E-state index contributed by atoms with van der Waals surface area (Å²) in [6.07, 6.45) is 3.45. The first-order chi connectivity index (χ1) is 16.1. The number of carbonyl (C=O) groups is 1. The number of hydrogen-bond donors (Lipinski definition) is 2. The monoisotopic (exact) mass is 435 g/mol. The van der Waals surface area contributed by atoms with Crippen molar-refractivity contribution in [1.82, 2.24) is 19.5 Å². The minimum atomic E-state index is -0.950. The lowest BCUT2D eigenvalue weighted by atomic mass is 10.0. The Kier molecular flexibility index (Phi) is 5.28. The summed E-state index contributed by atoms with van der Waals surface area (Å²) in [4.78, 5) is 24.9. The number of fused-ring (bicyclic) bond motifs is 1. The molecule has 0 aliphatic carbocycles. The molecule has 0 saturated heterocycles. The standard InChI is InChI=1S/C26H21N5O2/c1-17(18-6-3-2-4-7-18)29-26-27-13-12-24(30-26)31-16-28-22-11-10-20(15-23(22)31)19-8-5-9-21(14-19)25(32)33/h2-17H,1H3,(H,32,33)(H,27,29,30)/t17-/m0/s1. The summed E-state index contributed by atoms with van der Waals surface area (Å²) in [6.45, 7) is 2.06. The number of nitrogens with zero attached hydrogens (tertiary/aromatic N) is 4. The van der Waals surface area contributed by atoms with Gasteiger partial charge in [-0.3, -0.25) is 4.57 Å². The number of hydrogen-bond acceptors (Lipinski definition) is 5. The molecule has 0 radical (unpaired) electrons. The van der Waals surface area contributed by atoms with Gasteiger partial charge < -0.3 is 10.4 Å². The molecular weight excluding hydrogens is 414 g/mol. The lowest BCUT2D eigenvalue weighted by Crippen LogP contribution is -2.10. The van der Waals surface area contributed by atoms with Gasteiger partial charge >= 0.3 is 5.97 Å². The number of anilines is 1. The fourth-order valence-corrected chi connectivity index (χ4v) is 3.77. The van der Waals surface area contributed by atoms with Gasteiger partial charge in [-0.15, -0.1) is 0 Å². The van der Waals surface area contributed by atoms with E-state index in [4.69, 9.17) is 4.98 Å². The van der Waals surface area contributed by atoms with Crippen molar-refractivity contribution in [3.05, 3.63) is 103 Å². The zero-order valence-electron chi connectivity index (χ0n) is 17.9. The number of imidazole rings is 1. The van der Waals surface area contributed by atoms with Crippen LogP contribution in [0.4, 0.5) is 5.95 Å². The third-order valence-electron chi connectivity index (χ3n) is 5.52. The molecule has 2 aromatic heterocycles. The van der Waals surface area contributed by atoms with E-state index in [1.165, 1.54) is 0 Å². The molecule has 0 unspecified atom stereocenters. The van der Waals surface area contributed by atoms with Gasteiger partial charge in [0.2, 0.25) is 5.95 Å². The van der Waals surface area contributed by atoms with E-state index in [0.29, 0.717) is 11.8 Å². The number of aromatic nitrogens is 4. The predicted octanol–water partition coefficient (Wildman–Crippen LogP) is 5.35. The van der Waals surface area contributed by atoms with E-state index in [0.717, 1.165) is 27.7 Å². The van der Waals surface area contributed by atoms with E-state index < -0.39 is 5.97 Å². The van der Waals surface area contributed by atoms with Crippen LogP contribution in [0.25, 0.3) is 28.0 Å². The van der Waals surface area contributed by atoms with E-state index >= 15 is 0 Å². The molecule has 5 rings (SSSR count). The maximum absolute atomic E-state index is 11.4. The first-order valence-corrected chi connectivity index (χ1v) is 10.5. The summed E-state index contributed by atoms with van der Waals surface area (Å²) in [5, 5.41) is 12.7. The number of aromatic carboxylic acids is 1. The van der Waals surface area contributed by atoms with Crippen molar-refractivity contribution in [2.75, 3.05) is 5.32 Å². The van der Waals surface area contributed by atoms with Crippen LogP contribution in [-0.2, 0) is 0 Å². The Balaban J connectivity index is 1.49. The van der Waals surface area contributed by atoms with Crippen LogP contribution in [0.1, 0.15) is 28.9 Å². The Morgan fingerprint density at radius 1 is 0.939 bits per heavy atom. The number of rotatable bonds is 6. The maximum atomic E-state index is 11.4. The molecule has 0 fully saturated rings. The van der Waals surface area contributed by atoms with Crippen LogP contribution in [0, 0.1) is 0 Å². The molecule has 0 aliphatic heterocycles. The van der Waals surface area contributed by atoms with Crippen molar-refractivity contribution in [2.45, 2.75) is 13.0 Å². The average Bonchev–Trinajstić information content (AvgIpc) is 3.28. The molecule has 7 nitrogen and oxygen atoms in total. The number of carboxylic acid groups (broad SMARTS) is 1. The van der Waals surface area contributed by atoms with Crippen LogP contribution in [0.15, 0.2) is 91.4 Å². The molecule has 162 valence electrons. The highest BCUT2D eigenvalue weighted by Gasteiger charge is 2.12. The van der Waals surface area contributed by atoms with E-state index in [9.17, 15) is 9.90 Å². The fourth-order valence-electron chi connectivity index (χ4n) is 3.77. The molecular formula is C26H21N5O2. The molecule has 0 amide bonds. The van der Waals surface area contributed by atoms with Crippen LogP contribution in [0.5, 0.6) is 0 Å². The van der Waals surface area contributed by atoms with Crippen molar-refractivity contribution < 1.29 is 9.90 Å². The van der Waals surface area contributed by atoms with Crippen LogP contribution in [0.3, 0.4) is 0 Å². The lowest BCUT2D eigenvalue weighted by molar-refractivity contribution is 0.0697. The summed E-state index contributed by atoms with van der Waals surface area (Å²) in [5.74, 6) is 0.261. The summed E-state index contributed by atoms with van der Waals surface area (Å²) < 4.78 is 1.90. The van der Waals surface area contributed by atoms with Gasteiger partial charge in [-0.05, 0) is 53.9 Å². The van der Waals surface area contributed by atoms with Crippen LogP contribution >= 0.6 is 0 Å². The Bertz CT molecular complexity index is 1450. The highest BCUT2D eigenvalue weighted by molar-refractivity contribution is 5.90. The molecule has 7 heteroatoms. The van der Waals surface area contributed by atoms with Gasteiger partial charge in [0.1, 0.15) is 12.1 Å². The SMILES string of the molecule is C[C@H](Nc1nccc(-n2cnc3ccc(-c4cccc(C(=O)O)c4)cc32)n1)c1ccccc1. The molecule has 2 heterocycles. The van der Waals surface area contributed by atoms with Gasteiger partial charge in [0.05, 0.1) is 22.6 Å². The molecule has 33 heavy (non-hydrogen) atoms. The quantitative estimate of drug-likeness (QED) is 0.373. The second-order valence-corrected chi connectivity index (χ2v) is 7.72. The largest absolute Gasteiger partial charge is 0.478 e. The zero-order chi connectivity index (χ0) is 22.8. The molecule has 1 atom stereocenters. The second-order valence-electron chi connectivity index (χ2n) is 7.72. The highest BCUT2D eigenvalue weighted by atomic mass is 16.4. The third kappa shape index (κ3) is 4.16. The molecule has 0 spiro atoms. The maximum Gasteiger partial charge on any atom is 0.335 e. The van der Waals surface area contributed by atoms with Gasteiger partial charge in [0, 0.05) is 6.20 Å². The normalized spacial score (nSPS) is 11.9. The highest BCUT2D eigenvalue weighted by Crippen LogP contribution is 2.26. The predicted molar refractivity (Wildman–Crippen MR) is 128 cm³/mol. The Morgan fingerprint density at radius 3 is 2.58 bits per heavy atom. The molecule has 3 aromatic carbocycles. The van der Waals surface area contributed by atoms with Gasteiger partial charge in [-0.25, -0.2) is 14.8 Å². The Morgan fingerprint density at radius 2 is 1.76 bits per heavy atom. The second kappa shape index (κ2) is 8.55. The molecule has 0 bridgehead atoms. The molecule has 0 saturated carbocycles. The number of carboxylic acids is 1. The topological polar surface area (TPSA) is 92.9 Å². The van der Waals surface area contributed by atoms with E-state index in [-0.39, 0.29) is 11.6 Å².